The number of benzene rings is 3. The molecule has 1 atom stereocenters. The van der Waals surface area contributed by atoms with Crippen molar-refractivity contribution in [1.82, 2.24) is 0 Å². The highest BCUT2D eigenvalue weighted by atomic mass is 19.1. The topological polar surface area (TPSA) is 167 Å². The summed E-state index contributed by atoms with van der Waals surface area (Å²) in [5.41, 5.74) is 1.36. The Morgan fingerprint density at radius 2 is 1.30 bits per heavy atom. The Balaban J connectivity index is 1.60. The molecule has 0 amide bonds. The molecule has 1 saturated carbocycles. The first-order valence-electron chi connectivity index (χ1n) is 22.2. The first-order valence-corrected chi connectivity index (χ1v) is 22.2. The summed E-state index contributed by atoms with van der Waals surface area (Å²) in [5, 5.41) is 0. The Morgan fingerprint density at radius 1 is 0.687 bits per heavy atom. The van der Waals surface area contributed by atoms with Crippen LogP contribution in [0.5, 0.6) is 11.5 Å². The minimum absolute atomic E-state index is 0.0527. The van der Waals surface area contributed by atoms with Gasteiger partial charge in [0.2, 0.25) is 0 Å². The van der Waals surface area contributed by atoms with E-state index in [1.165, 1.54) is 39.5 Å². The van der Waals surface area contributed by atoms with Crippen molar-refractivity contribution in [2.24, 2.45) is 11.3 Å². The fourth-order valence-electron chi connectivity index (χ4n) is 7.36. The second-order valence-electron chi connectivity index (χ2n) is 16.9. The molecule has 14 heteroatoms. The van der Waals surface area contributed by atoms with E-state index in [9.17, 15) is 28.8 Å². The summed E-state index contributed by atoms with van der Waals surface area (Å²) in [6.45, 7) is 14.0. The summed E-state index contributed by atoms with van der Waals surface area (Å²) >= 11 is 0. The number of rotatable bonds is 24. The number of ether oxygens (including phenoxy) is 7. The molecule has 0 N–H and O–H groups in total. The summed E-state index contributed by atoms with van der Waals surface area (Å²) < 4.78 is 53.4. The monoisotopic (exact) mass is 924 g/mol. The Hall–Kier alpha value is -6.83. The number of hydrogen-bond donors (Lipinski definition) is 0. The summed E-state index contributed by atoms with van der Waals surface area (Å²) in [6, 6.07) is 17.1. The fraction of sp³-hybridized carbons (Fsp3) is 0.396. The number of carbonyl (C=O) groups excluding carboxylic acids is 6. The quantitative estimate of drug-likeness (QED) is 0.0274. The molecule has 0 aromatic heterocycles. The number of halogens is 1. The minimum Gasteiger partial charge on any atom is -0.493 e. The van der Waals surface area contributed by atoms with Crippen LogP contribution in [0.25, 0.3) is 22.3 Å². The van der Waals surface area contributed by atoms with Crippen molar-refractivity contribution in [3.05, 3.63) is 121 Å². The molecule has 3 aromatic rings. The first kappa shape index (κ1) is 52.8. The average molecular weight is 925 g/mol. The third-order valence-corrected chi connectivity index (χ3v) is 11.4. The third kappa shape index (κ3) is 16.2. The largest absolute Gasteiger partial charge is 0.493 e. The maximum absolute atomic E-state index is 15.9. The van der Waals surface area contributed by atoms with Crippen molar-refractivity contribution in [3.8, 4) is 33.8 Å². The van der Waals surface area contributed by atoms with Crippen molar-refractivity contribution < 1.29 is 66.3 Å². The Morgan fingerprint density at radius 3 is 1.91 bits per heavy atom. The summed E-state index contributed by atoms with van der Waals surface area (Å²) in [7, 11) is 2.27. The fourth-order valence-corrected chi connectivity index (χ4v) is 7.36. The molecular formula is C53H61FO13. The molecule has 0 heterocycles. The highest BCUT2D eigenvalue weighted by molar-refractivity contribution is 5.94. The molecule has 1 unspecified atom stereocenters. The van der Waals surface area contributed by atoms with Crippen molar-refractivity contribution >= 4 is 35.8 Å². The number of hydrogen-bond acceptors (Lipinski definition) is 13. The van der Waals surface area contributed by atoms with Gasteiger partial charge in [-0.1, -0.05) is 88.7 Å². The zero-order valence-corrected chi connectivity index (χ0v) is 39.1. The van der Waals surface area contributed by atoms with Gasteiger partial charge < -0.3 is 33.2 Å². The molecule has 4 rings (SSSR count). The van der Waals surface area contributed by atoms with E-state index in [4.69, 9.17) is 23.7 Å². The molecule has 1 aliphatic carbocycles. The molecule has 1 aliphatic rings. The zero-order chi connectivity index (χ0) is 49.1. The lowest BCUT2D eigenvalue weighted by atomic mass is 9.77. The summed E-state index contributed by atoms with van der Waals surface area (Å²) in [4.78, 5) is 74.5. The van der Waals surface area contributed by atoms with Crippen LogP contribution in [0.1, 0.15) is 90.0 Å². The number of methoxy groups -OCH3 is 2. The van der Waals surface area contributed by atoms with Crippen LogP contribution in [0.4, 0.5) is 4.39 Å². The van der Waals surface area contributed by atoms with Crippen molar-refractivity contribution in [1.29, 1.82) is 0 Å². The van der Waals surface area contributed by atoms with Crippen LogP contribution in [0, 0.1) is 17.2 Å². The zero-order valence-electron chi connectivity index (χ0n) is 39.1. The molecule has 67 heavy (non-hydrogen) atoms. The minimum atomic E-state index is -1.58. The predicted molar refractivity (Wildman–Crippen MR) is 249 cm³/mol. The van der Waals surface area contributed by atoms with Crippen molar-refractivity contribution in [2.45, 2.75) is 84.5 Å². The maximum Gasteiger partial charge on any atom is 0.338 e. The highest BCUT2D eigenvalue weighted by Gasteiger charge is 2.38. The van der Waals surface area contributed by atoms with Crippen LogP contribution < -0.4 is 9.47 Å². The van der Waals surface area contributed by atoms with Crippen LogP contribution >= 0.6 is 0 Å². The highest BCUT2D eigenvalue weighted by Crippen LogP contribution is 2.41. The average Bonchev–Trinajstić information content (AvgIpc) is 3.32. The van der Waals surface area contributed by atoms with Gasteiger partial charge in [-0.3, -0.25) is 4.79 Å². The standard InChI is InChI=1S/C53H61FO13/c1-9-10-11-12-37-13-15-38(16-14-37)40-19-23-43(45(54)28-40)41-20-24-44(46(29-41)67-51(59)35(4)5)39-17-21-42(22-18-39)63-30-53(32-65-50(58)34(2)3,31-64-48(56)26-25-47(55)61-7)33-66-52(60)36(6)27-49(57)62-8/h17-26,28-29,37-38H,2,4,6,9-16,27,30-33H2,1,3,5,7-8H3/b26-25+. The first-order chi connectivity index (χ1) is 32.0. The van der Waals surface area contributed by atoms with E-state index < -0.39 is 67.5 Å². The van der Waals surface area contributed by atoms with Crippen LogP contribution in [-0.4, -0.2) is 76.5 Å². The Labute approximate surface area is 391 Å². The summed E-state index contributed by atoms with van der Waals surface area (Å²) in [5.74, 6) is -3.87. The second-order valence-corrected chi connectivity index (χ2v) is 16.9. The Bertz CT molecular complexity index is 2320. The second kappa shape index (κ2) is 25.8. The predicted octanol–water partition coefficient (Wildman–Crippen LogP) is 9.91. The van der Waals surface area contributed by atoms with Gasteiger partial charge in [0.05, 0.1) is 20.6 Å². The normalized spacial score (nSPS) is 15.3. The van der Waals surface area contributed by atoms with Gasteiger partial charge in [0.25, 0.3) is 0 Å². The lowest BCUT2D eigenvalue weighted by Gasteiger charge is -2.32. The van der Waals surface area contributed by atoms with E-state index >= 15 is 4.39 Å². The molecule has 0 spiro atoms. The van der Waals surface area contributed by atoms with Gasteiger partial charge in [-0.25, -0.2) is 28.4 Å². The lowest BCUT2D eigenvalue weighted by molar-refractivity contribution is -0.160. The van der Waals surface area contributed by atoms with E-state index in [-0.39, 0.29) is 40.6 Å². The summed E-state index contributed by atoms with van der Waals surface area (Å²) in [6.07, 6.45) is 10.6. The van der Waals surface area contributed by atoms with Crippen LogP contribution in [0.3, 0.4) is 0 Å². The van der Waals surface area contributed by atoms with Gasteiger partial charge in [-0.15, -0.1) is 0 Å². The van der Waals surface area contributed by atoms with E-state index in [0.717, 1.165) is 63.5 Å². The third-order valence-electron chi connectivity index (χ3n) is 11.4. The molecule has 1 fully saturated rings. The van der Waals surface area contributed by atoms with E-state index in [1.54, 1.807) is 54.6 Å². The van der Waals surface area contributed by atoms with Crippen LogP contribution in [-0.2, 0) is 52.5 Å². The molecule has 13 nitrogen and oxygen atoms in total. The lowest BCUT2D eigenvalue weighted by Crippen LogP contribution is -2.44. The van der Waals surface area contributed by atoms with Crippen molar-refractivity contribution in [3.63, 3.8) is 0 Å². The molecule has 358 valence electrons. The Kier molecular flexibility index (Phi) is 20.3. The molecule has 0 radical (unpaired) electrons. The van der Waals surface area contributed by atoms with Crippen molar-refractivity contribution in [2.75, 3.05) is 40.6 Å². The van der Waals surface area contributed by atoms with E-state index in [0.29, 0.717) is 28.2 Å². The number of carbonyl (C=O) groups is 6. The van der Waals surface area contributed by atoms with Crippen LogP contribution in [0.2, 0.25) is 0 Å². The van der Waals surface area contributed by atoms with Gasteiger partial charge in [0.1, 0.15) is 49.2 Å². The number of unbranched alkanes of at least 4 members (excludes halogenated alkanes) is 2. The van der Waals surface area contributed by atoms with Gasteiger partial charge in [0.15, 0.2) is 0 Å². The number of esters is 6. The molecule has 0 saturated heterocycles. The van der Waals surface area contributed by atoms with Gasteiger partial charge >= 0.3 is 35.8 Å². The maximum atomic E-state index is 15.9. The van der Waals surface area contributed by atoms with Gasteiger partial charge in [0, 0.05) is 40.0 Å². The van der Waals surface area contributed by atoms with Crippen LogP contribution in [0.15, 0.2) is 109 Å². The van der Waals surface area contributed by atoms with Gasteiger partial charge in [-0.05, 0) is 92.3 Å². The van der Waals surface area contributed by atoms with Gasteiger partial charge in [-0.2, -0.15) is 0 Å². The molecule has 0 bridgehead atoms. The molecular weight excluding hydrogens is 864 g/mol. The smallest absolute Gasteiger partial charge is 0.338 e. The SMILES string of the molecule is C=C(C)C(=O)OCC(COC(=O)/C=C/C(=O)OC)(COC(=O)C(=C)CC(=O)OC)COc1ccc(-c2ccc(-c3ccc(C4CCC(CCCCC)CC4)cc3F)cc2OC(=O)C(=C)C)cc1. The molecule has 3 aromatic carbocycles. The van der Waals surface area contributed by atoms with E-state index in [2.05, 4.69) is 36.1 Å². The molecule has 0 aliphatic heterocycles. The van der Waals surface area contributed by atoms with E-state index in [1.807, 2.05) is 6.07 Å².